The van der Waals surface area contributed by atoms with E-state index in [9.17, 15) is 0 Å². The van der Waals surface area contributed by atoms with E-state index < -0.39 is 0 Å². The van der Waals surface area contributed by atoms with Crippen LogP contribution in [0.25, 0.3) is 0 Å². The summed E-state index contributed by atoms with van der Waals surface area (Å²) in [4.78, 5) is 4.14. The van der Waals surface area contributed by atoms with Gasteiger partial charge in [0.2, 0.25) is 0 Å². The highest BCUT2D eigenvalue weighted by Crippen LogP contribution is 2.14. The summed E-state index contributed by atoms with van der Waals surface area (Å²) in [7, 11) is 0. The molecule has 86 valence electrons. The van der Waals surface area contributed by atoms with E-state index in [1.165, 1.54) is 12.8 Å². The molecule has 4 nitrogen and oxygen atoms in total. The summed E-state index contributed by atoms with van der Waals surface area (Å²) in [6.07, 6.45) is 3.48. The average Bonchev–Trinajstić information content (AvgIpc) is 2.29. The molecule has 0 aromatic carbocycles. The number of anilines is 2. The van der Waals surface area contributed by atoms with E-state index in [2.05, 4.69) is 24.1 Å². The van der Waals surface area contributed by atoms with Gasteiger partial charge in [-0.15, -0.1) is 0 Å². The van der Waals surface area contributed by atoms with E-state index in [-0.39, 0.29) is 5.69 Å². The molecular weight excluding hydrogens is 200 g/mol. The second-order valence-electron chi connectivity index (χ2n) is 3.93. The molecule has 0 saturated heterocycles. The molecule has 0 aliphatic rings. The lowest BCUT2D eigenvalue weighted by Crippen LogP contribution is -2.16. The molecule has 0 aliphatic carbocycles. The molecule has 0 aliphatic heterocycles. The predicted octanol–water partition coefficient (Wildman–Crippen LogP) is 2.53. The van der Waals surface area contributed by atoms with E-state index in [4.69, 9.17) is 11.0 Å². The summed E-state index contributed by atoms with van der Waals surface area (Å²) in [6, 6.07) is 5.85. The Morgan fingerprint density at radius 3 is 2.94 bits per heavy atom. The molecule has 4 heteroatoms. The Hall–Kier alpha value is -1.76. The summed E-state index contributed by atoms with van der Waals surface area (Å²) in [5.74, 6) is 0.717. The lowest BCUT2D eigenvalue weighted by Gasteiger charge is -2.14. The molecule has 1 unspecified atom stereocenters. The van der Waals surface area contributed by atoms with E-state index in [1.54, 1.807) is 12.1 Å². The van der Waals surface area contributed by atoms with Crippen LogP contribution >= 0.6 is 0 Å². The smallest absolute Gasteiger partial charge is 0.165 e. The minimum absolute atomic E-state index is 0.285. The second kappa shape index (κ2) is 5.96. The highest BCUT2D eigenvalue weighted by atomic mass is 15.0. The topological polar surface area (TPSA) is 74.7 Å². The van der Waals surface area contributed by atoms with Crippen LogP contribution in [0, 0.1) is 11.3 Å². The van der Waals surface area contributed by atoms with Crippen molar-refractivity contribution >= 4 is 11.5 Å². The van der Waals surface area contributed by atoms with Crippen LogP contribution in [0.5, 0.6) is 0 Å². The summed E-state index contributed by atoms with van der Waals surface area (Å²) < 4.78 is 0. The van der Waals surface area contributed by atoms with Crippen molar-refractivity contribution in [3.63, 3.8) is 0 Å². The van der Waals surface area contributed by atoms with Crippen LogP contribution in [-0.4, -0.2) is 11.0 Å². The first-order valence-electron chi connectivity index (χ1n) is 5.60. The quantitative estimate of drug-likeness (QED) is 0.796. The highest BCUT2D eigenvalue weighted by molar-refractivity contribution is 5.54. The second-order valence-corrected chi connectivity index (χ2v) is 3.93. The van der Waals surface area contributed by atoms with Crippen molar-refractivity contribution < 1.29 is 0 Å². The fourth-order valence-corrected chi connectivity index (χ4v) is 1.47. The lowest BCUT2D eigenvalue weighted by atomic mass is 10.1. The Kier molecular flexibility index (Phi) is 4.59. The van der Waals surface area contributed by atoms with Gasteiger partial charge in [0.25, 0.3) is 0 Å². The number of hydrogen-bond acceptors (Lipinski definition) is 4. The van der Waals surface area contributed by atoms with Gasteiger partial charge >= 0.3 is 0 Å². The number of nitrogens with one attached hydrogen (secondary N) is 1. The van der Waals surface area contributed by atoms with Gasteiger partial charge in [-0.05, 0) is 25.5 Å². The first-order valence-corrected chi connectivity index (χ1v) is 5.60. The average molecular weight is 218 g/mol. The fourth-order valence-electron chi connectivity index (χ4n) is 1.47. The molecule has 1 aromatic heterocycles. The molecule has 0 bridgehead atoms. The van der Waals surface area contributed by atoms with Gasteiger partial charge in [0.15, 0.2) is 5.69 Å². The minimum atomic E-state index is 0.285. The van der Waals surface area contributed by atoms with Crippen molar-refractivity contribution in [3.05, 3.63) is 17.8 Å². The molecule has 16 heavy (non-hydrogen) atoms. The Labute approximate surface area is 96.5 Å². The molecule has 0 amide bonds. The standard InChI is InChI=1S/C12H18N4/c1-3-4-5-9(2)15-12-7-6-10(14)11(8-13)16-12/h6-7,9H,3-5,14H2,1-2H3,(H,15,16). The summed E-state index contributed by atoms with van der Waals surface area (Å²) >= 11 is 0. The number of aromatic nitrogens is 1. The molecule has 0 saturated carbocycles. The zero-order chi connectivity index (χ0) is 12.0. The van der Waals surface area contributed by atoms with Gasteiger partial charge in [-0.2, -0.15) is 5.26 Å². The first-order chi connectivity index (χ1) is 7.67. The van der Waals surface area contributed by atoms with Crippen molar-refractivity contribution in [2.45, 2.75) is 39.2 Å². The Morgan fingerprint density at radius 2 is 2.31 bits per heavy atom. The van der Waals surface area contributed by atoms with Gasteiger partial charge in [0.05, 0.1) is 5.69 Å². The van der Waals surface area contributed by atoms with Crippen molar-refractivity contribution in [2.24, 2.45) is 0 Å². The highest BCUT2D eigenvalue weighted by Gasteiger charge is 2.05. The maximum atomic E-state index is 8.80. The maximum Gasteiger partial charge on any atom is 0.165 e. The largest absolute Gasteiger partial charge is 0.396 e. The Balaban J connectivity index is 2.64. The van der Waals surface area contributed by atoms with Crippen LogP contribution in [0.2, 0.25) is 0 Å². The summed E-state index contributed by atoms with van der Waals surface area (Å²) in [5, 5.41) is 12.1. The third-order valence-corrected chi connectivity index (χ3v) is 2.42. The lowest BCUT2D eigenvalue weighted by molar-refractivity contribution is 0.643. The van der Waals surface area contributed by atoms with Gasteiger partial charge in [0, 0.05) is 6.04 Å². The molecular formula is C12H18N4. The molecule has 1 heterocycles. The Morgan fingerprint density at radius 1 is 1.56 bits per heavy atom. The van der Waals surface area contributed by atoms with Crippen molar-refractivity contribution in [1.29, 1.82) is 5.26 Å². The Bertz CT molecular complexity index is 381. The number of unbranched alkanes of at least 4 members (excludes halogenated alkanes) is 1. The SMILES string of the molecule is CCCCC(C)Nc1ccc(N)c(C#N)n1. The van der Waals surface area contributed by atoms with Crippen LogP contribution in [0.3, 0.4) is 0 Å². The van der Waals surface area contributed by atoms with Gasteiger partial charge in [-0.1, -0.05) is 19.8 Å². The van der Waals surface area contributed by atoms with Gasteiger partial charge in [-0.25, -0.2) is 4.98 Å². The van der Waals surface area contributed by atoms with Crippen LogP contribution in [-0.2, 0) is 0 Å². The zero-order valence-electron chi connectivity index (χ0n) is 9.83. The minimum Gasteiger partial charge on any atom is -0.396 e. The number of nitrogen functional groups attached to an aromatic ring is 1. The molecule has 3 N–H and O–H groups in total. The third-order valence-electron chi connectivity index (χ3n) is 2.42. The predicted molar refractivity (Wildman–Crippen MR) is 66.0 cm³/mol. The monoisotopic (exact) mass is 218 g/mol. The molecule has 1 atom stereocenters. The zero-order valence-corrected chi connectivity index (χ0v) is 9.83. The van der Waals surface area contributed by atoms with Gasteiger partial charge in [-0.3, -0.25) is 0 Å². The van der Waals surface area contributed by atoms with E-state index >= 15 is 0 Å². The third kappa shape index (κ3) is 3.43. The van der Waals surface area contributed by atoms with Gasteiger partial charge < -0.3 is 11.1 Å². The molecule has 1 rings (SSSR count). The van der Waals surface area contributed by atoms with Crippen molar-refractivity contribution in [3.8, 4) is 6.07 Å². The molecule has 0 spiro atoms. The maximum absolute atomic E-state index is 8.80. The molecule has 1 aromatic rings. The first kappa shape index (κ1) is 12.3. The van der Waals surface area contributed by atoms with Crippen molar-refractivity contribution in [2.75, 3.05) is 11.1 Å². The normalized spacial score (nSPS) is 11.8. The van der Waals surface area contributed by atoms with E-state index in [1.807, 2.05) is 6.07 Å². The number of nitrogens with two attached hydrogens (primary N) is 1. The van der Waals surface area contributed by atoms with Crippen LogP contribution in [0.1, 0.15) is 38.8 Å². The summed E-state index contributed by atoms with van der Waals surface area (Å²) in [5.41, 5.74) is 6.31. The van der Waals surface area contributed by atoms with Gasteiger partial charge in [0.1, 0.15) is 11.9 Å². The fraction of sp³-hybridized carbons (Fsp3) is 0.500. The number of nitrogens with zero attached hydrogens (tertiary/aromatic N) is 2. The summed E-state index contributed by atoms with van der Waals surface area (Å²) in [6.45, 7) is 4.28. The van der Waals surface area contributed by atoms with Crippen LogP contribution in [0.4, 0.5) is 11.5 Å². The van der Waals surface area contributed by atoms with Crippen LogP contribution < -0.4 is 11.1 Å². The molecule has 0 fully saturated rings. The molecule has 0 radical (unpaired) electrons. The number of rotatable bonds is 5. The number of pyridine rings is 1. The number of hydrogen-bond donors (Lipinski definition) is 2. The van der Waals surface area contributed by atoms with E-state index in [0.29, 0.717) is 17.5 Å². The van der Waals surface area contributed by atoms with Crippen LogP contribution in [0.15, 0.2) is 12.1 Å². The van der Waals surface area contributed by atoms with E-state index in [0.717, 1.165) is 6.42 Å². The van der Waals surface area contributed by atoms with Crippen molar-refractivity contribution in [1.82, 2.24) is 4.98 Å². The number of nitriles is 1.